The van der Waals surface area contributed by atoms with Crippen LogP contribution in [0.4, 0.5) is 0 Å². The predicted octanol–water partition coefficient (Wildman–Crippen LogP) is 8.01. The van der Waals surface area contributed by atoms with Gasteiger partial charge < -0.3 is 23.4 Å². The van der Waals surface area contributed by atoms with E-state index in [1.807, 2.05) is 12.1 Å². The maximum absolute atomic E-state index is 6.84. The number of hydrogen-bond donors (Lipinski definition) is 0. The smallest absolute Gasteiger partial charge is 0.200 e. The van der Waals surface area contributed by atoms with E-state index in [-0.39, 0.29) is 12.2 Å². The van der Waals surface area contributed by atoms with Crippen LogP contribution in [0.5, 0.6) is 17.2 Å². The second-order valence-electron chi connectivity index (χ2n) is 10.8. The molecule has 0 bridgehead atoms. The molecule has 0 radical (unpaired) electrons. The molecule has 0 fully saturated rings. The minimum atomic E-state index is -1.90. The van der Waals surface area contributed by atoms with E-state index < -0.39 is 8.32 Å². The summed E-state index contributed by atoms with van der Waals surface area (Å²) in [6, 6.07) is 6.11. The van der Waals surface area contributed by atoms with E-state index in [0.717, 1.165) is 53.0 Å². The summed E-state index contributed by atoms with van der Waals surface area (Å²) in [4.78, 5) is 0. The molecular weight excluding hydrogens is 468 g/mol. The summed E-state index contributed by atoms with van der Waals surface area (Å²) >= 11 is 0. The first-order chi connectivity index (χ1) is 17.1. The minimum absolute atomic E-state index is 0.0898. The Bertz CT molecular complexity index is 1020. The Balaban J connectivity index is 1.95. The second-order valence-corrected chi connectivity index (χ2v) is 16.3. The van der Waals surface area contributed by atoms with Gasteiger partial charge in [-0.3, -0.25) is 0 Å². The van der Waals surface area contributed by atoms with Crippen molar-refractivity contribution in [1.29, 1.82) is 0 Å². The predicted molar refractivity (Wildman–Crippen MR) is 151 cm³/mol. The zero-order chi connectivity index (χ0) is 26.6. The Hall–Kier alpha value is -2.02. The van der Waals surface area contributed by atoms with Crippen LogP contribution >= 0.6 is 0 Å². The van der Waals surface area contributed by atoms with Gasteiger partial charge >= 0.3 is 0 Å². The molecule has 1 aliphatic rings. The van der Waals surface area contributed by atoms with Gasteiger partial charge in [-0.15, -0.1) is 0 Å². The lowest BCUT2D eigenvalue weighted by Crippen LogP contribution is -2.48. The maximum atomic E-state index is 6.84. The van der Waals surface area contributed by atoms with E-state index in [0.29, 0.717) is 23.2 Å². The SMILES string of the molecule is C=CCOc1c2c(cc3c(OC)ccc(OC)c13)C[C@H](CCO[Si](C(C)C)(C(C)C)C(C)C)O[C@H]2C. The van der Waals surface area contributed by atoms with Crippen molar-refractivity contribution in [3.8, 4) is 17.2 Å². The fourth-order valence-corrected chi connectivity index (χ4v) is 11.9. The molecule has 0 saturated carbocycles. The molecule has 2 aromatic rings. The molecule has 0 N–H and O–H groups in total. The van der Waals surface area contributed by atoms with Gasteiger partial charge in [0.05, 0.1) is 31.8 Å². The Morgan fingerprint density at radius 2 is 1.64 bits per heavy atom. The lowest BCUT2D eigenvalue weighted by molar-refractivity contribution is -0.0270. The molecule has 0 saturated heterocycles. The van der Waals surface area contributed by atoms with Crippen molar-refractivity contribution < 1.29 is 23.4 Å². The fraction of sp³-hybridized carbons (Fsp3) is 0.600. The normalized spacial score (nSPS) is 18.1. The molecule has 0 aromatic heterocycles. The van der Waals surface area contributed by atoms with Crippen molar-refractivity contribution in [3.05, 3.63) is 42.0 Å². The van der Waals surface area contributed by atoms with E-state index in [4.69, 9.17) is 23.4 Å². The topological polar surface area (TPSA) is 46.2 Å². The Labute approximate surface area is 219 Å². The van der Waals surface area contributed by atoms with Gasteiger partial charge in [0.1, 0.15) is 23.9 Å². The average molecular weight is 515 g/mol. The highest BCUT2D eigenvalue weighted by atomic mass is 28.4. The first-order valence-corrected chi connectivity index (χ1v) is 15.5. The lowest BCUT2D eigenvalue weighted by Gasteiger charge is -2.42. The zero-order valence-electron chi connectivity index (χ0n) is 23.8. The first kappa shape index (κ1) is 28.5. The number of ether oxygens (including phenoxy) is 4. The summed E-state index contributed by atoms with van der Waals surface area (Å²) < 4.78 is 31.1. The third-order valence-electron chi connectivity index (χ3n) is 7.84. The molecule has 3 rings (SSSR count). The van der Waals surface area contributed by atoms with Crippen molar-refractivity contribution in [2.75, 3.05) is 27.4 Å². The Kier molecular flexibility index (Phi) is 9.53. The van der Waals surface area contributed by atoms with E-state index in [1.54, 1.807) is 20.3 Å². The summed E-state index contributed by atoms with van der Waals surface area (Å²) in [6.45, 7) is 21.1. The summed E-state index contributed by atoms with van der Waals surface area (Å²) in [6.07, 6.45) is 3.43. The maximum Gasteiger partial charge on any atom is 0.200 e. The van der Waals surface area contributed by atoms with Gasteiger partial charge in [-0.05, 0) is 60.2 Å². The van der Waals surface area contributed by atoms with Crippen LogP contribution < -0.4 is 14.2 Å². The molecule has 0 amide bonds. The number of rotatable bonds is 12. The van der Waals surface area contributed by atoms with Gasteiger partial charge in [0.2, 0.25) is 0 Å². The van der Waals surface area contributed by atoms with Crippen LogP contribution in [0.1, 0.15) is 72.1 Å². The molecule has 6 heteroatoms. The number of benzene rings is 2. The molecular formula is C30H46O5Si. The van der Waals surface area contributed by atoms with Crippen molar-refractivity contribution in [1.82, 2.24) is 0 Å². The largest absolute Gasteiger partial charge is 0.496 e. The number of hydrogen-bond acceptors (Lipinski definition) is 5. The summed E-state index contributed by atoms with van der Waals surface area (Å²) in [5, 5.41) is 1.90. The molecule has 2 atom stereocenters. The molecule has 0 spiro atoms. The zero-order valence-corrected chi connectivity index (χ0v) is 24.8. The standard InChI is InChI=1S/C30H46O5Si/c1-11-15-33-30-28-22(8)35-24(14-16-34-36(19(2)3,20(4)5)21(6)7)17-23(28)18-25-26(31-9)12-13-27(32-10)29(25)30/h11-13,18-22,24H,1,14-17H2,2-10H3/t22-,24-/m0/s1. The molecule has 0 unspecified atom stereocenters. The van der Waals surface area contributed by atoms with Crippen LogP contribution in [0.3, 0.4) is 0 Å². The summed E-state index contributed by atoms with van der Waals surface area (Å²) in [7, 11) is 1.48. The average Bonchev–Trinajstić information content (AvgIpc) is 2.83. The molecule has 2 aromatic carbocycles. The van der Waals surface area contributed by atoms with Gasteiger partial charge in [-0.2, -0.15) is 0 Å². The summed E-state index contributed by atoms with van der Waals surface area (Å²) in [5.41, 5.74) is 4.04. The van der Waals surface area contributed by atoms with E-state index >= 15 is 0 Å². The van der Waals surface area contributed by atoms with Gasteiger partial charge in [-0.25, -0.2) is 0 Å². The number of fused-ring (bicyclic) bond motifs is 2. The monoisotopic (exact) mass is 514 g/mol. The van der Waals surface area contributed by atoms with Gasteiger partial charge in [-0.1, -0.05) is 54.2 Å². The van der Waals surface area contributed by atoms with Crippen molar-refractivity contribution in [2.24, 2.45) is 0 Å². The van der Waals surface area contributed by atoms with Gasteiger partial charge in [0, 0.05) is 17.6 Å². The second kappa shape index (κ2) is 12.0. The van der Waals surface area contributed by atoms with Crippen LogP contribution in [-0.4, -0.2) is 41.9 Å². The third kappa shape index (κ3) is 5.32. The van der Waals surface area contributed by atoms with Crippen LogP contribution in [0.15, 0.2) is 30.9 Å². The van der Waals surface area contributed by atoms with Crippen molar-refractivity contribution in [3.63, 3.8) is 0 Å². The van der Waals surface area contributed by atoms with E-state index in [2.05, 4.69) is 61.1 Å². The van der Waals surface area contributed by atoms with Crippen molar-refractivity contribution in [2.45, 2.75) is 90.1 Å². The third-order valence-corrected chi connectivity index (χ3v) is 14.0. The minimum Gasteiger partial charge on any atom is -0.496 e. The van der Waals surface area contributed by atoms with E-state index in [9.17, 15) is 0 Å². The Morgan fingerprint density at radius 3 is 2.19 bits per heavy atom. The van der Waals surface area contributed by atoms with Crippen LogP contribution in [0.2, 0.25) is 16.6 Å². The molecule has 5 nitrogen and oxygen atoms in total. The fourth-order valence-electron chi connectivity index (χ4n) is 6.43. The molecule has 36 heavy (non-hydrogen) atoms. The molecule has 200 valence electrons. The highest BCUT2D eigenvalue weighted by molar-refractivity contribution is 6.77. The molecule has 1 aliphatic heterocycles. The first-order valence-electron chi connectivity index (χ1n) is 13.4. The quantitative estimate of drug-likeness (QED) is 0.212. The van der Waals surface area contributed by atoms with Crippen LogP contribution in [0.25, 0.3) is 10.8 Å². The highest BCUT2D eigenvalue weighted by Gasteiger charge is 2.45. The van der Waals surface area contributed by atoms with Crippen LogP contribution in [-0.2, 0) is 15.6 Å². The molecule has 1 heterocycles. The Morgan fingerprint density at radius 1 is 1.03 bits per heavy atom. The van der Waals surface area contributed by atoms with Crippen LogP contribution in [0, 0.1) is 0 Å². The summed E-state index contributed by atoms with van der Waals surface area (Å²) in [5.74, 6) is 2.36. The lowest BCUT2D eigenvalue weighted by atomic mass is 9.89. The van der Waals surface area contributed by atoms with E-state index in [1.165, 1.54) is 5.56 Å². The molecule has 0 aliphatic carbocycles. The van der Waals surface area contributed by atoms with Gasteiger partial charge in [0.25, 0.3) is 0 Å². The van der Waals surface area contributed by atoms with Gasteiger partial charge in [0.15, 0.2) is 8.32 Å². The van der Waals surface area contributed by atoms with Crippen molar-refractivity contribution >= 4 is 19.1 Å². The highest BCUT2D eigenvalue weighted by Crippen LogP contribution is 2.48. The number of methoxy groups -OCH3 is 2.